The molecule has 0 aromatic carbocycles. The quantitative estimate of drug-likeness (QED) is 0.784. The first kappa shape index (κ1) is 11.7. The van der Waals surface area contributed by atoms with Crippen molar-refractivity contribution in [3.8, 4) is 0 Å². The van der Waals surface area contributed by atoms with E-state index in [9.17, 15) is 0 Å². The standard InChI is InChI=1S/C11H20N2S/c1-10(4-3-6-12)13(2)8-11-5-7-14-9-11/h5,7,9-10H,3-4,6,8,12H2,1-2H3. The summed E-state index contributed by atoms with van der Waals surface area (Å²) in [5.74, 6) is 0. The third kappa shape index (κ3) is 3.78. The van der Waals surface area contributed by atoms with Gasteiger partial charge >= 0.3 is 0 Å². The second-order valence-electron chi connectivity index (χ2n) is 3.83. The van der Waals surface area contributed by atoms with Gasteiger partial charge in [-0.2, -0.15) is 11.3 Å². The number of thiophene rings is 1. The third-order valence-corrected chi connectivity index (χ3v) is 3.32. The molecule has 0 saturated carbocycles. The summed E-state index contributed by atoms with van der Waals surface area (Å²) in [7, 11) is 2.18. The highest BCUT2D eigenvalue weighted by Gasteiger charge is 2.08. The van der Waals surface area contributed by atoms with Crippen molar-refractivity contribution in [2.75, 3.05) is 13.6 Å². The Labute approximate surface area is 90.7 Å². The van der Waals surface area contributed by atoms with Crippen LogP contribution in [0.4, 0.5) is 0 Å². The summed E-state index contributed by atoms with van der Waals surface area (Å²) >= 11 is 1.76. The van der Waals surface area contributed by atoms with Crippen LogP contribution in [0.15, 0.2) is 16.8 Å². The molecule has 1 heterocycles. The lowest BCUT2D eigenvalue weighted by Crippen LogP contribution is -2.28. The minimum absolute atomic E-state index is 0.624. The molecule has 3 heteroatoms. The molecule has 0 aliphatic rings. The van der Waals surface area contributed by atoms with E-state index in [0.29, 0.717) is 6.04 Å². The molecule has 1 rings (SSSR count). The second-order valence-corrected chi connectivity index (χ2v) is 4.61. The van der Waals surface area contributed by atoms with Gasteiger partial charge in [0.1, 0.15) is 0 Å². The lowest BCUT2D eigenvalue weighted by atomic mass is 10.1. The van der Waals surface area contributed by atoms with Crippen LogP contribution in [-0.2, 0) is 6.54 Å². The van der Waals surface area contributed by atoms with E-state index >= 15 is 0 Å². The Morgan fingerprint density at radius 1 is 1.57 bits per heavy atom. The van der Waals surface area contributed by atoms with Crippen LogP contribution >= 0.6 is 11.3 Å². The summed E-state index contributed by atoms with van der Waals surface area (Å²) in [5.41, 5.74) is 6.91. The van der Waals surface area contributed by atoms with E-state index in [-0.39, 0.29) is 0 Å². The van der Waals surface area contributed by atoms with Crippen LogP contribution in [0.2, 0.25) is 0 Å². The first-order valence-electron chi connectivity index (χ1n) is 5.15. The van der Waals surface area contributed by atoms with Crippen molar-refractivity contribution in [1.82, 2.24) is 4.90 Å². The highest BCUT2D eigenvalue weighted by atomic mass is 32.1. The van der Waals surface area contributed by atoms with E-state index in [1.165, 1.54) is 12.0 Å². The second kappa shape index (κ2) is 6.17. The monoisotopic (exact) mass is 212 g/mol. The van der Waals surface area contributed by atoms with E-state index in [1.54, 1.807) is 11.3 Å². The van der Waals surface area contributed by atoms with Crippen molar-refractivity contribution < 1.29 is 0 Å². The molecule has 0 bridgehead atoms. The van der Waals surface area contributed by atoms with Gasteiger partial charge in [0.05, 0.1) is 0 Å². The molecule has 2 N–H and O–H groups in total. The number of hydrogen-bond donors (Lipinski definition) is 1. The van der Waals surface area contributed by atoms with E-state index < -0.39 is 0 Å². The fourth-order valence-electron chi connectivity index (χ4n) is 1.46. The Hall–Kier alpha value is -0.380. The molecule has 2 nitrogen and oxygen atoms in total. The minimum Gasteiger partial charge on any atom is -0.330 e. The molecular weight excluding hydrogens is 192 g/mol. The normalized spacial score (nSPS) is 13.4. The largest absolute Gasteiger partial charge is 0.330 e. The molecule has 0 amide bonds. The fraction of sp³-hybridized carbons (Fsp3) is 0.636. The Kier molecular flexibility index (Phi) is 5.15. The van der Waals surface area contributed by atoms with Crippen molar-refractivity contribution in [3.05, 3.63) is 22.4 Å². The van der Waals surface area contributed by atoms with E-state index in [0.717, 1.165) is 19.5 Å². The van der Waals surface area contributed by atoms with Crippen LogP contribution in [0.25, 0.3) is 0 Å². The SMILES string of the molecule is CC(CCCN)N(C)Cc1ccsc1. The molecule has 0 spiro atoms. The summed E-state index contributed by atoms with van der Waals surface area (Å²) in [6.07, 6.45) is 2.31. The maximum absolute atomic E-state index is 5.50. The van der Waals surface area contributed by atoms with Crippen LogP contribution in [0, 0.1) is 0 Å². The van der Waals surface area contributed by atoms with Crippen molar-refractivity contribution in [2.45, 2.75) is 32.4 Å². The van der Waals surface area contributed by atoms with Crippen molar-refractivity contribution in [2.24, 2.45) is 5.73 Å². The molecule has 1 atom stereocenters. The topological polar surface area (TPSA) is 29.3 Å². The van der Waals surface area contributed by atoms with Gasteiger partial charge in [0.25, 0.3) is 0 Å². The van der Waals surface area contributed by atoms with E-state index in [2.05, 4.69) is 35.7 Å². The van der Waals surface area contributed by atoms with Gasteiger partial charge in [-0.1, -0.05) is 0 Å². The zero-order valence-electron chi connectivity index (χ0n) is 9.07. The highest BCUT2D eigenvalue weighted by molar-refractivity contribution is 7.07. The van der Waals surface area contributed by atoms with Gasteiger partial charge in [0.15, 0.2) is 0 Å². The molecule has 0 aliphatic heterocycles. The lowest BCUT2D eigenvalue weighted by molar-refractivity contribution is 0.236. The van der Waals surface area contributed by atoms with Gasteiger partial charge in [-0.05, 0) is 55.7 Å². The van der Waals surface area contributed by atoms with Crippen LogP contribution in [-0.4, -0.2) is 24.5 Å². The predicted molar refractivity (Wildman–Crippen MR) is 63.5 cm³/mol. The Bertz CT molecular complexity index is 233. The Morgan fingerprint density at radius 3 is 2.93 bits per heavy atom. The fourth-order valence-corrected chi connectivity index (χ4v) is 2.12. The molecule has 0 fully saturated rings. The molecule has 1 aromatic rings. The van der Waals surface area contributed by atoms with Crippen LogP contribution in [0.3, 0.4) is 0 Å². The van der Waals surface area contributed by atoms with Crippen molar-refractivity contribution in [3.63, 3.8) is 0 Å². The van der Waals surface area contributed by atoms with Gasteiger partial charge in [0, 0.05) is 12.6 Å². The summed E-state index contributed by atoms with van der Waals surface area (Å²) in [5, 5.41) is 4.35. The summed E-state index contributed by atoms with van der Waals surface area (Å²) in [6.45, 7) is 4.12. The number of hydrogen-bond acceptors (Lipinski definition) is 3. The molecule has 1 aromatic heterocycles. The zero-order valence-corrected chi connectivity index (χ0v) is 9.89. The van der Waals surface area contributed by atoms with Crippen molar-refractivity contribution >= 4 is 11.3 Å². The molecule has 0 saturated heterocycles. The average Bonchev–Trinajstić information content (AvgIpc) is 2.66. The third-order valence-electron chi connectivity index (χ3n) is 2.59. The highest BCUT2D eigenvalue weighted by Crippen LogP contribution is 2.12. The van der Waals surface area contributed by atoms with Crippen molar-refractivity contribution in [1.29, 1.82) is 0 Å². The Morgan fingerprint density at radius 2 is 2.36 bits per heavy atom. The Balaban J connectivity index is 2.30. The smallest absolute Gasteiger partial charge is 0.0241 e. The summed E-state index contributed by atoms with van der Waals surface area (Å²) in [4.78, 5) is 2.39. The first-order chi connectivity index (χ1) is 6.74. The van der Waals surface area contributed by atoms with E-state index in [4.69, 9.17) is 5.73 Å². The van der Waals surface area contributed by atoms with Crippen LogP contribution in [0.1, 0.15) is 25.3 Å². The van der Waals surface area contributed by atoms with Gasteiger partial charge in [-0.3, -0.25) is 4.90 Å². The lowest BCUT2D eigenvalue weighted by Gasteiger charge is -2.24. The molecule has 14 heavy (non-hydrogen) atoms. The predicted octanol–water partition coefficient (Wildman–Crippen LogP) is 2.31. The number of nitrogens with zero attached hydrogens (tertiary/aromatic N) is 1. The molecule has 0 aliphatic carbocycles. The maximum Gasteiger partial charge on any atom is 0.0241 e. The number of rotatable bonds is 6. The number of nitrogens with two attached hydrogens (primary N) is 1. The average molecular weight is 212 g/mol. The molecule has 1 unspecified atom stereocenters. The van der Waals surface area contributed by atoms with Gasteiger partial charge in [-0.15, -0.1) is 0 Å². The maximum atomic E-state index is 5.50. The van der Waals surface area contributed by atoms with Gasteiger partial charge < -0.3 is 5.73 Å². The zero-order chi connectivity index (χ0) is 10.4. The molecule has 0 radical (unpaired) electrons. The first-order valence-corrected chi connectivity index (χ1v) is 6.09. The van der Waals surface area contributed by atoms with E-state index in [1.807, 2.05) is 0 Å². The molecule has 80 valence electrons. The van der Waals surface area contributed by atoms with Gasteiger partial charge in [-0.25, -0.2) is 0 Å². The molecular formula is C11H20N2S. The minimum atomic E-state index is 0.624. The van der Waals surface area contributed by atoms with Gasteiger partial charge in [0.2, 0.25) is 0 Å². The van der Waals surface area contributed by atoms with Crippen LogP contribution < -0.4 is 5.73 Å². The summed E-state index contributed by atoms with van der Waals surface area (Å²) in [6, 6.07) is 2.81. The summed E-state index contributed by atoms with van der Waals surface area (Å²) < 4.78 is 0. The van der Waals surface area contributed by atoms with Crippen LogP contribution in [0.5, 0.6) is 0 Å².